The van der Waals surface area contributed by atoms with Crippen LogP contribution >= 0.6 is 15.9 Å². The summed E-state index contributed by atoms with van der Waals surface area (Å²) in [6, 6.07) is 7.58. The second-order valence-corrected chi connectivity index (χ2v) is 5.77. The van der Waals surface area contributed by atoms with Gasteiger partial charge in [0.25, 0.3) is 0 Å². The molecule has 1 aromatic carbocycles. The first-order chi connectivity index (χ1) is 10.0. The van der Waals surface area contributed by atoms with Gasteiger partial charge in [0, 0.05) is 19.7 Å². The molecular weight excluding hydrogens is 332 g/mol. The summed E-state index contributed by atoms with van der Waals surface area (Å²) in [5.41, 5.74) is 3.90. The van der Waals surface area contributed by atoms with Crippen LogP contribution < -0.4 is 4.90 Å². The molecule has 0 saturated heterocycles. The molecule has 1 amide bonds. The SMILES string of the molecule is Cc1cn(C)c2c1N(C(=O)CBr)c1ccccc1CC2=O. The molecule has 0 aliphatic carbocycles. The molecule has 0 bridgehead atoms. The van der Waals surface area contributed by atoms with Crippen LogP contribution in [0.1, 0.15) is 21.6 Å². The number of halogens is 1. The minimum Gasteiger partial charge on any atom is -0.346 e. The summed E-state index contributed by atoms with van der Waals surface area (Å²) in [5.74, 6) is -0.0365. The lowest BCUT2D eigenvalue weighted by atomic mass is 10.1. The molecule has 0 fully saturated rings. The fourth-order valence-electron chi connectivity index (χ4n) is 2.96. The highest BCUT2D eigenvalue weighted by molar-refractivity contribution is 9.09. The zero-order valence-electron chi connectivity index (χ0n) is 11.9. The van der Waals surface area contributed by atoms with Crippen molar-refractivity contribution in [1.29, 1.82) is 0 Å². The van der Waals surface area contributed by atoms with Gasteiger partial charge >= 0.3 is 0 Å². The highest BCUT2D eigenvalue weighted by atomic mass is 79.9. The van der Waals surface area contributed by atoms with E-state index >= 15 is 0 Å². The van der Waals surface area contributed by atoms with E-state index in [-0.39, 0.29) is 17.0 Å². The first kappa shape index (κ1) is 14.1. The number of carbonyl (C=O) groups excluding carboxylic acids is 2. The molecule has 2 aromatic rings. The Balaban J connectivity index is 2.34. The van der Waals surface area contributed by atoms with Gasteiger partial charge in [0.1, 0.15) is 5.69 Å². The molecule has 0 radical (unpaired) electrons. The maximum absolute atomic E-state index is 12.6. The predicted molar refractivity (Wildman–Crippen MR) is 85.6 cm³/mol. The molecule has 0 atom stereocenters. The molecule has 4 nitrogen and oxygen atoms in total. The van der Waals surface area contributed by atoms with Crippen LogP contribution in [-0.2, 0) is 18.3 Å². The Morgan fingerprint density at radius 3 is 2.76 bits per heavy atom. The van der Waals surface area contributed by atoms with Crippen molar-refractivity contribution in [1.82, 2.24) is 4.57 Å². The van der Waals surface area contributed by atoms with Gasteiger partial charge in [-0.15, -0.1) is 0 Å². The molecule has 21 heavy (non-hydrogen) atoms. The van der Waals surface area contributed by atoms with Gasteiger partial charge in [0.2, 0.25) is 5.91 Å². The van der Waals surface area contributed by atoms with E-state index in [9.17, 15) is 9.59 Å². The number of rotatable bonds is 1. The van der Waals surface area contributed by atoms with E-state index in [1.54, 1.807) is 4.90 Å². The molecule has 1 aliphatic heterocycles. The van der Waals surface area contributed by atoms with E-state index in [1.807, 2.05) is 49.0 Å². The maximum atomic E-state index is 12.6. The fourth-order valence-corrected chi connectivity index (χ4v) is 3.21. The van der Waals surface area contributed by atoms with Crippen LogP contribution in [0.2, 0.25) is 0 Å². The Morgan fingerprint density at radius 1 is 1.33 bits per heavy atom. The average molecular weight is 347 g/mol. The number of benzene rings is 1. The summed E-state index contributed by atoms with van der Waals surface area (Å²) in [5, 5.41) is 0.212. The van der Waals surface area contributed by atoms with Crippen molar-refractivity contribution >= 4 is 39.0 Å². The van der Waals surface area contributed by atoms with Crippen molar-refractivity contribution in [3.8, 4) is 0 Å². The largest absolute Gasteiger partial charge is 0.346 e. The van der Waals surface area contributed by atoms with Crippen LogP contribution in [0.15, 0.2) is 30.5 Å². The molecule has 1 aromatic heterocycles. The van der Waals surface area contributed by atoms with Crippen LogP contribution in [0.4, 0.5) is 11.4 Å². The van der Waals surface area contributed by atoms with Gasteiger partial charge < -0.3 is 4.57 Å². The number of alkyl halides is 1. The van der Waals surface area contributed by atoms with Gasteiger partial charge in [-0.3, -0.25) is 14.5 Å². The Labute approximate surface area is 131 Å². The Hall–Kier alpha value is -1.88. The van der Waals surface area contributed by atoms with E-state index in [0.29, 0.717) is 17.8 Å². The summed E-state index contributed by atoms with van der Waals surface area (Å²) < 4.78 is 1.81. The number of hydrogen-bond acceptors (Lipinski definition) is 2. The summed E-state index contributed by atoms with van der Waals surface area (Å²) in [6.45, 7) is 1.93. The highest BCUT2D eigenvalue weighted by Gasteiger charge is 2.32. The topological polar surface area (TPSA) is 42.3 Å². The third kappa shape index (κ3) is 2.12. The van der Waals surface area contributed by atoms with Crippen molar-refractivity contribution < 1.29 is 9.59 Å². The Morgan fingerprint density at radius 2 is 2.05 bits per heavy atom. The van der Waals surface area contributed by atoms with Crippen LogP contribution in [-0.4, -0.2) is 21.6 Å². The van der Waals surface area contributed by atoms with Crippen LogP contribution in [0.25, 0.3) is 0 Å². The van der Waals surface area contributed by atoms with Gasteiger partial charge in [-0.1, -0.05) is 34.1 Å². The maximum Gasteiger partial charge on any atom is 0.242 e. The van der Waals surface area contributed by atoms with E-state index in [0.717, 1.165) is 16.8 Å². The average Bonchev–Trinajstić information content (AvgIpc) is 2.67. The first-order valence-electron chi connectivity index (χ1n) is 6.70. The molecule has 2 heterocycles. The molecule has 0 N–H and O–H groups in total. The minimum absolute atomic E-state index is 0.0397. The number of aryl methyl sites for hydroxylation is 2. The third-order valence-electron chi connectivity index (χ3n) is 3.77. The standard InChI is InChI=1S/C16H15BrN2O2/c1-10-9-18(2)16-13(20)7-11-5-3-4-6-12(11)19(15(10)16)14(21)8-17/h3-6,9H,7-8H2,1-2H3. The third-order valence-corrected chi connectivity index (χ3v) is 4.25. The second kappa shape index (κ2) is 5.15. The lowest BCUT2D eigenvalue weighted by molar-refractivity contribution is -0.115. The first-order valence-corrected chi connectivity index (χ1v) is 7.82. The number of carbonyl (C=O) groups is 2. The predicted octanol–water partition coefficient (Wildman–Crippen LogP) is 3.13. The number of para-hydroxylation sites is 1. The smallest absolute Gasteiger partial charge is 0.242 e. The van der Waals surface area contributed by atoms with E-state index in [1.165, 1.54) is 0 Å². The van der Waals surface area contributed by atoms with Crippen molar-refractivity contribution in [2.24, 2.45) is 7.05 Å². The molecule has 0 unspecified atom stereocenters. The molecular formula is C16H15BrN2O2. The molecule has 1 aliphatic rings. The number of aromatic nitrogens is 1. The summed E-state index contributed by atoms with van der Waals surface area (Å²) in [7, 11) is 1.84. The van der Waals surface area contributed by atoms with Crippen molar-refractivity contribution in [3.05, 3.63) is 47.3 Å². The number of ketones is 1. The van der Waals surface area contributed by atoms with Crippen molar-refractivity contribution in [3.63, 3.8) is 0 Å². The van der Waals surface area contributed by atoms with E-state index < -0.39 is 0 Å². The van der Waals surface area contributed by atoms with Gasteiger partial charge in [-0.05, 0) is 24.1 Å². The summed E-state index contributed by atoms with van der Waals surface area (Å²) >= 11 is 3.24. The van der Waals surface area contributed by atoms with Gasteiger partial charge in [0.05, 0.1) is 16.7 Å². The second-order valence-electron chi connectivity index (χ2n) is 5.21. The normalized spacial score (nSPS) is 13.7. The molecule has 108 valence electrons. The van der Waals surface area contributed by atoms with Crippen LogP contribution in [0.5, 0.6) is 0 Å². The number of amides is 1. The lowest BCUT2D eigenvalue weighted by Gasteiger charge is -2.23. The minimum atomic E-state index is -0.0762. The van der Waals surface area contributed by atoms with E-state index in [4.69, 9.17) is 0 Å². The van der Waals surface area contributed by atoms with Gasteiger partial charge in [0.15, 0.2) is 5.78 Å². The number of nitrogens with zero attached hydrogens (tertiary/aromatic N) is 2. The molecule has 0 spiro atoms. The highest BCUT2D eigenvalue weighted by Crippen LogP contribution is 2.39. The molecule has 5 heteroatoms. The van der Waals surface area contributed by atoms with Crippen molar-refractivity contribution in [2.45, 2.75) is 13.3 Å². The van der Waals surface area contributed by atoms with Crippen LogP contribution in [0.3, 0.4) is 0 Å². The summed E-state index contributed by atoms with van der Waals surface area (Å²) in [4.78, 5) is 26.7. The fraction of sp³-hybridized carbons (Fsp3) is 0.250. The number of hydrogen-bond donors (Lipinski definition) is 0. The molecule has 3 rings (SSSR count). The Bertz CT molecular complexity index is 749. The van der Waals surface area contributed by atoms with Gasteiger partial charge in [-0.25, -0.2) is 0 Å². The number of anilines is 2. The molecule has 0 saturated carbocycles. The van der Waals surface area contributed by atoms with E-state index in [2.05, 4.69) is 15.9 Å². The lowest BCUT2D eigenvalue weighted by Crippen LogP contribution is -2.28. The summed E-state index contributed by atoms with van der Waals surface area (Å²) in [6.07, 6.45) is 2.21. The monoisotopic (exact) mass is 346 g/mol. The van der Waals surface area contributed by atoms with Crippen molar-refractivity contribution in [2.75, 3.05) is 10.2 Å². The number of fused-ring (bicyclic) bond motifs is 2. The Kier molecular flexibility index (Phi) is 3.45. The number of Topliss-reactive ketones (excluding diaryl/α,β-unsaturated/α-hetero) is 1. The van der Waals surface area contributed by atoms with Crippen LogP contribution in [0, 0.1) is 6.92 Å². The quantitative estimate of drug-likeness (QED) is 0.744. The van der Waals surface area contributed by atoms with Gasteiger partial charge in [-0.2, -0.15) is 0 Å². The zero-order valence-corrected chi connectivity index (χ0v) is 13.5. The zero-order chi connectivity index (χ0) is 15.1.